The van der Waals surface area contributed by atoms with Gasteiger partial charge in [0, 0.05) is 34.9 Å². The van der Waals surface area contributed by atoms with Crippen molar-refractivity contribution < 1.29 is 13.6 Å². The molecule has 3 aliphatic rings. The minimum absolute atomic E-state index is 0.0404. The first-order valence-electron chi connectivity index (χ1n) is 13.0. The molecular weight excluding hydrogens is 524 g/mol. The highest BCUT2D eigenvalue weighted by atomic mass is 35.5. The van der Waals surface area contributed by atoms with Crippen LogP contribution in [0.25, 0.3) is 22.4 Å². The molecule has 0 radical (unpaired) electrons. The molecule has 1 saturated carbocycles. The van der Waals surface area contributed by atoms with Crippen molar-refractivity contribution in [2.75, 3.05) is 5.73 Å². The summed E-state index contributed by atoms with van der Waals surface area (Å²) in [5.74, 6) is -0.880. The van der Waals surface area contributed by atoms with Crippen molar-refractivity contribution in [3.8, 4) is 22.4 Å². The molecule has 0 bridgehead atoms. The number of nitrogen functional groups attached to an aromatic ring is 1. The van der Waals surface area contributed by atoms with Gasteiger partial charge in [-0.15, -0.1) is 0 Å². The van der Waals surface area contributed by atoms with E-state index in [4.69, 9.17) is 17.3 Å². The van der Waals surface area contributed by atoms with E-state index < -0.39 is 17.8 Å². The number of carbonyl (C=O) groups excluding carboxylic acids is 1. The van der Waals surface area contributed by atoms with Crippen molar-refractivity contribution in [3.63, 3.8) is 0 Å². The van der Waals surface area contributed by atoms with Crippen molar-refractivity contribution >= 4 is 23.2 Å². The van der Waals surface area contributed by atoms with E-state index in [2.05, 4.69) is 15.0 Å². The maximum Gasteiger partial charge on any atom is 0.252 e. The highest BCUT2D eigenvalue weighted by Crippen LogP contribution is 2.51. The average molecular weight is 548 g/mol. The molecule has 7 nitrogen and oxygen atoms in total. The number of imidazole rings is 1. The van der Waals surface area contributed by atoms with Gasteiger partial charge in [-0.1, -0.05) is 24.1 Å². The average Bonchev–Trinajstić information content (AvgIpc) is 3.52. The van der Waals surface area contributed by atoms with Crippen molar-refractivity contribution in [1.82, 2.24) is 19.5 Å². The molecule has 10 heteroatoms. The third-order valence-electron chi connectivity index (χ3n) is 8.64. The van der Waals surface area contributed by atoms with Gasteiger partial charge in [0.05, 0.1) is 28.5 Å². The van der Waals surface area contributed by atoms with Crippen LogP contribution in [0.3, 0.4) is 0 Å². The van der Waals surface area contributed by atoms with Crippen LogP contribution in [0, 0.1) is 17.2 Å². The van der Waals surface area contributed by atoms with Gasteiger partial charge in [0.25, 0.3) is 5.56 Å². The number of halogens is 3. The number of anilines is 1. The maximum atomic E-state index is 15.6. The summed E-state index contributed by atoms with van der Waals surface area (Å²) in [6, 6.07) is 7.25. The molecule has 198 valence electrons. The summed E-state index contributed by atoms with van der Waals surface area (Å²) >= 11 is 6.20. The number of fused-ring (bicyclic) bond motifs is 5. The molecule has 7 rings (SSSR count). The molecule has 1 aromatic carbocycles. The first kappa shape index (κ1) is 24.2. The standard InChI is InChI=1S/C29H24ClF2N5O2/c30-17-4-2-14-11-29(8-1-9-29)12-21(38)25-16(24(14)26(17)31)10-23(39)37-19(25)5-6-20(37)28-34-13-18(35-28)15-3-7-22(33)36-27(15)32/h2-4,7,10,13,20H,1,5-6,8-9,11-12H2,(H2,33,36)(H,34,35)/t20-/m0/s1. The molecule has 3 aromatic heterocycles. The largest absolute Gasteiger partial charge is 0.384 e. The minimum atomic E-state index is -0.731. The van der Waals surface area contributed by atoms with Crippen molar-refractivity contribution in [1.29, 1.82) is 0 Å². The Kier molecular flexibility index (Phi) is 5.32. The van der Waals surface area contributed by atoms with Gasteiger partial charge < -0.3 is 15.3 Å². The van der Waals surface area contributed by atoms with E-state index in [1.165, 1.54) is 24.4 Å². The van der Waals surface area contributed by atoms with E-state index >= 15 is 4.39 Å². The summed E-state index contributed by atoms with van der Waals surface area (Å²) in [6.45, 7) is 0. The lowest BCUT2D eigenvalue weighted by atomic mass is 9.60. The van der Waals surface area contributed by atoms with Gasteiger partial charge in [-0.25, -0.2) is 14.4 Å². The van der Waals surface area contributed by atoms with Crippen LogP contribution in [0.2, 0.25) is 5.02 Å². The topological polar surface area (TPSA) is 107 Å². The first-order chi connectivity index (χ1) is 18.7. The molecule has 0 amide bonds. The third-order valence-corrected chi connectivity index (χ3v) is 8.93. The number of hydrogen-bond acceptors (Lipinski definition) is 5. The summed E-state index contributed by atoms with van der Waals surface area (Å²) in [5.41, 5.74) is 7.93. The number of pyridine rings is 2. The molecule has 3 N–H and O–H groups in total. The number of nitrogens with two attached hydrogens (primary N) is 1. The van der Waals surface area contributed by atoms with Crippen molar-refractivity contribution in [2.24, 2.45) is 5.41 Å². The molecule has 4 heterocycles. The normalized spacial score (nSPS) is 19.2. The monoisotopic (exact) mass is 547 g/mol. The molecule has 1 spiro atoms. The second kappa shape index (κ2) is 8.58. The van der Waals surface area contributed by atoms with E-state index in [1.807, 2.05) is 6.07 Å². The first-order valence-corrected chi connectivity index (χ1v) is 13.4. The Bertz CT molecular complexity index is 1760. The zero-order valence-electron chi connectivity index (χ0n) is 20.9. The Labute approximate surface area is 227 Å². The van der Waals surface area contributed by atoms with E-state index in [0.29, 0.717) is 54.0 Å². The number of rotatable bonds is 2. The lowest BCUT2D eigenvalue weighted by Gasteiger charge is -2.43. The van der Waals surface area contributed by atoms with Crippen LogP contribution in [-0.2, 0) is 12.8 Å². The Morgan fingerprint density at radius 3 is 2.64 bits per heavy atom. The van der Waals surface area contributed by atoms with Gasteiger partial charge in [-0.2, -0.15) is 4.39 Å². The quantitative estimate of drug-likeness (QED) is 0.315. The Hall–Kier alpha value is -3.85. The third kappa shape index (κ3) is 3.66. The predicted octanol–water partition coefficient (Wildman–Crippen LogP) is 5.65. The maximum absolute atomic E-state index is 15.6. The molecular formula is C29H24ClF2N5O2. The van der Waals surface area contributed by atoms with Crippen LogP contribution in [0.15, 0.2) is 41.3 Å². The number of aromatic amines is 1. The number of benzene rings is 1. The fourth-order valence-electron chi connectivity index (χ4n) is 6.68. The van der Waals surface area contributed by atoms with Gasteiger partial charge in [0.1, 0.15) is 17.5 Å². The zero-order valence-corrected chi connectivity index (χ0v) is 21.6. The van der Waals surface area contributed by atoms with Crippen LogP contribution < -0.4 is 11.3 Å². The van der Waals surface area contributed by atoms with Crippen LogP contribution in [0.1, 0.15) is 65.6 Å². The summed E-state index contributed by atoms with van der Waals surface area (Å²) < 4.78 is 31.6. The number of nitrogens with zero attached hydrogens (tertiary/aromatic N) is 3. The number of nitrogens with one attached hydrogen (secondary N) is 1. The predicted molar refractivity (Wildman–Crippen MR) is 143 cm³/mol. The summed E-state index contributed by atoms with van der Waals surface area (Å²) in [5, 5.41) is -0.0404. The lowest BCUT2D eigenvalue weighted by molar-refractivity contribution is 0.0754. The van der Waals surface area contributed by atoms with E-state index in [1.54, 1.807) is 10.6 Å². The van der Waals surface area contributed by atoms with Gasteiger partial charge in [-0.05, 0) is 61.3 Å². The Morgan fingerprint density at radius 1 is 1.08 bits per heavy atom. The number of H-pyrrole nitrogens is 1. The van der Waals surface area contributed by atoms with Crippen LogP contribution in [-0.4, -0.2) is 25.3 Å². The SMILES string of the molecule is Nc1ccc(-c2cnc([C@@H]3CCc4c5c(cc(=O)n43)-c3c(ccc(Cl)c3F)CC3(CCC3)CC5=O)[nH]2)c(F)n1. The van der Waals surface area contributed by atoms with Gasteiger partial charge in [0.15, 0.2) is 5.78 Å². The summed E-state index contributed by atoms with van der Waals surface area (Å²) in [7, 11) is 0. The highest BCUT2D eigenvalue weighted by molar-refractivity contribution is 6.31. The van der Waals surface area contributed by atoms with Crippen molar-refractivity contribution in [2.45, 2.75) is 51.0 Å². The molecule has 1 aliphatic heterocycles. The van der Waals surface area contributed by atoms with Crippen LogP contribution >= 0.6 is 11.6 Å². The molecule has 0 unspecified atom stereocenters. The molecule has 0 saturated heterocycles. The van der Waals surface area contributed by atoms with E-state index in [0.717, 1.165) is 24.8 Å². The van der Waals surface area contributed by atoms with Gasteiger partial charge >= 0.3 is 0 Å². The Morgan fingerprint density at radius 2 is 1.90 bits per heavy atom. The van der Waals surface area contributed by atoms with E-state index in [-0.39, 0.29) is 38.7 Å². The number of Topliss-reactive ketones (excluding diaryl/α,β-unsaturated/α-hetero) is 1. The number of aromatic nitrogens is 4. The minimum Gasteiger partial charge on any atom is -0.384 e. The zero-order chi connectivity index (χ0) is 27.1. The van der Waals surface area contributed by atoms with Gasteiger partial charge in [0.2, 0.25) is 5.95 Å². The second-order valence-electron chi connectivity index (χ2n) is 10.9. The van der Waals surface area contributed by atoms with Gasteiger partial charge in [-0.3, -0.25) is 9.59 Å². The van der Waals surface area contributed by atoms with Crippen LogP contribution in [0.5, 0.6) is 0 Å². The Balaban J connectivity index is 1.38. The molecule has 4 aromatic rings. The summed E-state index contributed by atoms with van der Waals surface area (Å²) in [6.07, 6.45) is 6.20. The summed E-state index contributed by atoms with van der Waals surface area (Å²) in [4.78, 5) is 38.7. The smallest absolute Gasteiger partial charge is 0.252 e. The number of hydrogen-bond donors (Lipinski definition) is 2. The van der Waals surface area contributed by atoms with E-state index in [9.17, 15) is 14.0 Å². The lowest BCUT2D eigenvalue weighted by Crippen LogP contribution is -2.37. The number of ketones is 1. The molecule has 39 heavy (non-hydrogen) atoms. The fraction of sp³-hybridized carbons (Fsp3) is 0.310. The second-order valence-corrected chi connectivity index (χ2v) is 11.3. The fourth-order valence-corrected chi connectivity index (χ4v) is 6.84. The number of carbonyl (C=O) groups is 1. The van der Waals surface area contributed by atoms with Crippen molar-refractivity contribution in [3.05, 3.63) is 86.3 Å². The molecule has 1 fully saturated rings. The molecule has 2 aliphatic carbocycles. The molecule has 1 atom stereocenters. The van der Waals surface area contributed by atoms with Crippen LogP contribution in [0.4, 0.5) is 14.6 Å². The highest BCUT2D eigenvalue weighted by Gasteiger charge is 2.44.